The van der Waals surface area contributed by atoms with Crippen molar-refractivity contribution in [1.29, 1.82) is 0 Å². The van der Waals surface area contributed by atoms with Gasteiger partial charge >= 0.3 is 0 Å². The van der Waals surface area contributed by atoms with Crippen LogP contribution in [0.5, 0.6) is 0 Å². The summed E-state index contributed by atoms with van der Waals surface area (Å²) in [4.78, 5) is 2.43. The number of hydrogen-bond acceptors (Lipinski definition) is 2. The third kappa shape index (κ3) is 5.00. The Kier molecular flexibility index (Phi) is 7.31. The van der Waals surface area contributed by atoms with Crippen LogP contribution in [0.3, 0.4) is 0 Å². The molecule has 0 atom stereocenters. The van der Waals surface area contributed by atoms with Gasteiger partial charge in [-0.3, -0.25) is 0 Å². The number of nitrogens with zero attached hydrogens (tertiary/aromatic N) is 1. The van der Waals surface area contributed by atoms with Gasteiger partial charge in [0.2, 0.25) is 0 Å². The predicted octanol–water partition coefficient (Wildman–Crippen LogP) is 16.2. The van der Waals surface area contributed by atoms with Crippen LogP contribution in [0.25, 0.3) is 87.6 Å². The van der Waals surface area contributed by atoms with E-state index >= 15 is 0 Å². The molecule has 0 radical (unpaired) electrons. The van der Waals surface area contributed by atoms with Crippen molar-refractivity contribution in [2.24, 2.45) is 0 Å². The van der Waals surface area contributed by atoms with Crippen LogP contribution in [0.4, 0.5) is 17.1 Å². The molecule has 0 N–H and O–H groups in total. The van der Waals surface area contributed by atoms with Crippen molar-refractivity contribution in [2.75, 3.05) is 4.90 Å². The molecule has 10 aromatic carbocycles. The monoisotopic (exact) mass is 753 g/mol. The molecular formula is C57H39NO. The van der Waals surface area contributed by atoms with Gasteiger partial charge < -0.3 is 9.32 Å². The minimum absolute atomic E-state index is 0.286. The molecule has 278 valence electrons. The van der Waals surface area contributed by atoms with E-state index in [4.69, 9.17) is 4.42 Å². The molecule has 12 rings (SSSR count). The molecule has 2 nitrogen and oxygen atoms in total. The van der Waals surface area contributed by atoms with Crippen molar-refractivity contribution in [3.05, 3.63) is 211 Å². The summed E-state index contributed by atoms with van der Waals surface area (Å²) in [7, 11) is 0. The van der Waals surface area contributed by atoms with Crippen LogP contribution in [-0.2, 0) is 5.41 Å². The maximum absolute atomic E-state index is 7.17. The quantitative estimate of drug-likeness (QED) is 0.163. The van der Waals surface area contributed by atoms with Crippen LogP contribution in [-0.4, -0.2) is 0 Å². The Hall–Kier alpha value is -7.42. The Morgan fingerprint density at radius 2 is 1.05 bits per heavy atom. The summed E-state index contributed by atoms with van der Waals surface area (Å²) in [5, 5.41) is 9.88. The van der Waals surface area contributed by atoms with E-state index in [1.54, 1.807) is 0 Å². The van der Waals surface area contributed by atoms with Crippen molar-refractivity contribution in [1.82, 2.24) is 0 Å². The van der Waals surface area contributed by atoms with Crippen molar-refractivity contribution in [3.8, 4) is 33.4 Å². The molecule has 0 aliphatic heterocycles. The molecule has 1 heterocycles. The van der Waals surface area contributed by atoms with E-state index in [1.807, 2.05) is 0 Å². The number of para-hydroxylation sites is 1. The Morgan fingerprint density at radius 1 is 0.424 bits per heavy atom. The van der Waals surface area contributed by atoms with Gasteiger partial charge in [0.05, 0.1) is 5.69 Å². The Morgan fingerprint density at radius 3 is 1.83 bits per heavy atom. The summed E-state index contributed by atoms with van der Waals surface area (Å²) in [6.07, 6.45) is 0. The number of furan rings is 1. The zero-order chi connectivity index (χ0) is 39.2. The van der Waals surface area contributed by atoms with Gasteiger partial charge in [-0.05, 0) is 114 Å². The summed E-state index contributed by atoms with van der Waals surface area (Å²) in [5.74, 6) is 0. The summed E-state index contributed by atoms with van der Waals surface area (Å²) in [6, 6.07) is 72.8. The first-order valence-electron chi connectivity index (χ1n) is 20.5. The fraction of sp³-hybridized carbons (Fsp3) is 0.0526. The first-order chi connectivity index (χ1) is 29.0. The van der Waals surface area contributed by atoms with E-state index in [0.717, 1.165) is 39.2 Å². The molecule has 1 aromatic heterocycles. The highest BCUT2D eigenvalue weighted by Crippen LogP contribution is 2.59. The van der Waals surface area contributed by atoms with Gasteiger partial charge in [-0.25, -0.2) is 0 Å². The highest BCUT2D eigenvalue weighted by atomic mass is 16.3. The lowest BCUT2D eigenvalue weighted by Crippen LogP contribution is -2.16. The molecule has 1 aliphatic carbocycles. The fourth-order valence-corrected chi connectivity index (χ4v) is 10.1. The summed E-state index contributed by atoms with van der Waals surface area (Å²) >= 11 is 0. The molecule has 0 fully saturated rings. The van der Waals surface area contributed by atoms with E-state index in [-0.39, 0.29) is 5.41 Å². The van der Waals surface area contributed by atoms with Crippen LogP contribution < -0.4 is 4.90 Å². The molecule has 2 heteroatoms. The van der Waals surface area contributed by atoms with Gasteiger partial charge in [-0.1, -0.05) is 166 Å². The van der Waals surface area contributed by atoms with Gasteiger partial charge in [0.15, 0.2) is 0 Å². The zero-order valence-corrected chi connectivity index (χ0v) is 32.9. The lowest BCUT2D eigenvalue weighted by molar-refractivity contribution is 0.658. The highest BCUT2D eigenvalue weighted by Gasteiger charge is 2.42. The third-order valence-electron chi connectivity index (χ3n) is 12.8. The van der Waals surface area contributed by atoms with Gasteiger partial charge in [-0.2, -0.15) is 0 Å². The largest absolute Gasteiger partial charge is 0.455 e. The molecule has 0 bridgehead atoms. The Balaban J connectivity index is 1.10. The van der Waals surface area contributed by atoms with Crippen LogP contribution in [0.2, 0.25) is 0 Å². The average Bonchev–Trinajstić information content (AvgIpc) is 3.80. The number of anilines is 3. The first kappa shape index (κ1) is 33.7. The second-order valence-electron chi connectivity index (χ2n) is 16.4. The third-order valence-corrected chi connectivity index (χ3v) is 12.8. The number of fused-ring (bicyclic) bond motifs is 13. The maximum atomic E-state index is 7.17. The van der Waals surface area contributed by atoms with Crippen molar-refractivity contribution in [3.63, 3.8) is 0 Å². The van der Waals surface area contributed by atoms with Crippen LogP contribution in [0.15, 0.2) is 205 Å². The van der Waals surface area contributed by atoms with Crippen LogP contribution in [0.1, 0.15) is 25.0 Å². The van der Waals surface area contributed by atoms with E-state index in [0.29, 0.717) is 0 Å². The average molecular weight is 754 g/mol. The summed E-state index contributed by atoms with van der Waals surface area (Å²) in [5.41, 5.74) is 14.7. The fourth-order valence-electron chi connectivity index (χ4n) is 10.1. The van der Waals surface area contributed by atoms with Crippen LogP contribution >= 0.6 is 0 Å². The van der Waals surface area contributed by atoms with Gasteiger partial charge in [0, 0.05) is 38.7 Å². The molecule has 59 heavy (non-hydrogen) atoms. The van der Waals surface area contributed by atoms with Gasteiger partial charge in [0.1, 0.15) is 11.2 Å². The topological polar surface area (TPSA) is 16.4 Å². The second kappa shape index (κ2) is 12.8. The van der Waals surface area contributed by atoms with Crippen molar-refractivity contribution in [2.45, 2.75) is 19.3 Å². The molecule has 0 amide bonds. The van der Waals surface area contributed by atoms with Crippen molar-refractivity contribution < 1.29 is 4.42 Å². The van der Waals surface area contributed by atoms with E-state index < -0.39 is 0 Å². The minimum atomic E-state index is -0.286. The number of hydrogen-bond donors (Lipinski definition) is 0. The number of rotatable bonds is 5. The van der Waals surface area contributed by atoms with E-state index in [1.165, 1.54) is 76.6 Å². The molecule has 0 saturated heterocycles. The van der Waals surface area contributed by atoms with Gasteiger partial charge in [-0.15, -0.1) is 0 Å². The van der Waals surface area contributed by atoms with Crippen LogP contribution in [0, 0.1) is 0 Å². The molecule has 0 unspecified atom stereocenters. The second-order valence-corrected chi connectivity index (χ2v) is 16.4. The summed E-state index contributed by atoms with van der Waals surface area (Å²) in [6.45, 7) is 4.76. The molecule has 0 saturated carbocycles. The lowest BCUT2D eigenvalue weighted by Gasteiger charge is -2.29. The van der Waals surface area contributed by atoms with E-state index in [2.05, 4.69) is 219 Å². The van der Waals surface area contributed by atoms with Gasteiger partial charge in [0.25, 0.3) is 0 Å². The molecule has 1 aliphatic rings. The van der Waals surface area contributed by atoms with E-state index in [9.17, 15) is 0 Å². The maximum Gasteiger partial charge on any atom is 0.144 e. The SMILES string of the molecule is CC1(C)c2cccc(N(c3ccccc3)c3ccc(-c4cc5ccccc5c5ccccc45)cc3)c2-c2c1c1ccccc1c1c2oc2cc(-c3ccccc3)ccc21. The standard InChI is InChI=1S/C57H39NO/c1-57(2)49-26-15-27-50(53(49)54-55(57)46-25-14-13-24-45(46)52-47-33-30-38(35-51(47)59-56(52)54)36-16-5-3-6-17-36)58(40-19-7-4-8-20-40)41-31-28-37(29-32-41)48-34-39-18-9-10-21-42(39)43-22-11-12-23-44(43)48/h3-35H,1-2H3. The first-order valence-corrected chi connectivity index (χ1v) is 20.5. The molecule has 11 aromatic rings. The number of benzene rings is 10. The highest BCUT2D eigenvalue weighted by molar-refractivity contribution is 6.26. The lowest BCUT2D eigenvalue weighted by atomic mass is 9.79. The Bertz CT molecular complexity index is 3450. The smallest absolute Gasteiger partial charge is 0.144 e. The van der Waals surface area contributed by atoms with Crippen molar-refractivity contribution >= 4 is 71.3 Å². The minimum Gasteiger partial charge on any atom is -0.455 e. The summed E-state index contributed by atoms with van der Waals surface area (Å²) < 4.78 is 7.17. The zero-order valence-electron chi connectivity index (χ0n) is 32.9. The normalized spacial score (nSPS) is 13.1. The predicted molar refractivity (Wildman–Crippen MR) is 249 cm³/mol. The molecular weight excluding hydrogens is 715 g/mol. The Labute approximate surface area is 343 Å². The molecule has 0 spiro atoms.